The second kappa shape index (κ2) is 10.1. The van der Waals surface area contributed by atoms with E-state index in [1.54, 1.807) is 42.5 Å². The molecule has 0 spiro atoms. The molecule has 0 unspecified atom stereocenters. The molecule has 0 bridgehead atoms. The molecule has 3 heterocycles. The molecule has 38 heavy (non-hydrogen) atoms. The maximum atomic E-state index is 14.8. The quantitative estimate of drug-likeness (QED) is 0.370. The van der Waals surface area contributed by atoms with Crippen LogP contribution in [-0.2, 0) is 22.3 Å². The largest absolute Gasteiger partial charge is 0.434 e. The summed E-state index contributed by atoms with van der Waals surface area (Å²) in [5.74, 6) is -2.16. The van der Waals surface area contributed by atoms with Crippen LogP contribution >= 0.6 is 0 Å². The van der Waals surface area contributed by atoms with Crippen LogP contribution in [0.2, 0.25) is 0 Å². The first-order chi connectivity index (χ1) is 18.1. The Labute approximate surface area is 213 Å². The maximum Gasteiger partial charge on any atom is 0.434 e. The summed E-state index contributed by atoms with van der Waals surface area (Å²) in [6, 6.07) is 9.68. The Hall–Kier alpha value is -3.90. The Morgan fingerprint density at radius 2 is 1.84 bits per heavy atom. The molecule has 1 aliphatic heterocycles. The molecule has 1 N–H and O–H groups in total. The van der Waals surface area contributed by atoms with Crippen molar-refractivity contribution in [3.05, 3.63) is 77.1 Å². The summed E-state index contributed by atoms with van der Waals surface area (Å²) in [6.45, 7) is -1.34. The van der Waals surface area contributed by atoms with Gasteiger partial charge in [0.05, 0.1) is 24.5 Å². The van der Waals surface area contributed by atoms with Crippen LogP contribution in [0.1, 0.15) is 53.7 Å². The normalized spacial score (nSPS) is 20.4. The van der Waals surface area contributed by atoms with Gasteiger partial charge in [-0.3, -0.25) is 9.59 Å². The van der Waals surface area contributed by atoms with E-state index in [9.17, 15) is 31.5 Å². The second-order valence-electron chi connectivity index (χ2n) is 9.41. The summed E-state index contributed by atoms with van der Waals surface area (Å²) in [4.78, 5) is 31.2. The highest BCUT2D eigenvalue weighted by Crippen LogP contribution is 2.41. The molecule has 200 valence electrons. The van der Waals surface area contributed by atoms with Gasteiger partial charge in [-0.05, 0) is 30.4 Å². The van der Waals surface area contributed by atoms with E-state index in [1.165, 1.54) is 0 Å². The third-order valence-electron chi connectivity index (χ3n) is 6.70. The van der Waals surface area contributed by atoms with Gasteiger partial charge in [0.15, 0.2) is 5.69 Å². The van der Waals surface area contributed by atoms with Crippen LogP contribution in [0.25, 0.3) is 0 Å². The molecule has 1 saturated heterocycles. The first kappa shape index (κ1) is 25.7. The molecule has 1 aromatic carbocycles. The minimum Gasteiger partial charge on any atom is -0.342 e. The number of nitrogens with one attached hydrogen (secondary N) is 1. The number of carbonyl (C=O) groups is 2. The van der Waals surface area contributed by atoms with Crippen molar-refractivity contribution in [2.24, 2.45) is 0 Å². The fourth-order valence-corrected chi connectivity index (χ4v) is 4.65. The van der Waals surface area contributed by atoms with E-state index >= 15 is 0 Å². The van der Waals surface area contributed by atoms with Gasteiger partial charge in [-0.2, -0.15) is 17.6 Å². The molecule has 2 amide bonds. The number of nitrogens with zero attached hydrogens (tertiary/aromatic N) is 5. The number of hydrogen-bond acceptors (Lipinski definition) is 5. The number of rotatable bonds is 7. The lowest BCUT2D eigenvalue weighted by atomic mass is 10.0. The fourth-order valence-electron chi connectivity index (χ4n) is 4.65. The van der Waals surface area contributed by atoms with Crippen molar-refractivity contribution in [3.63, 3.8) is 0 Å². The average Bonchev–Trinajstić information content (AvgIpc) is 3.46. The third-order valence-corrected chi connectivity index (χ3v) is 6.70. The van der Waals surface area contributed by atoms with Crippen LogP contribution in [0, 0.1) is 5.95 Å². The van der Waals surface area contributed by atoms with Crippen molar-refractivity contribution < 1.29 is 31.5 Å². The summed E-state index contributed by atoms with van der Waals surface area (Å²) in [7, 11) is 0. The minimum atomic E-state index is -4.80. The summed E-state index contributed by atoms with van der Waals surface area (Å²) < 4.78 is 69.0. The molecule has 13 heteroatoms. The molecule has 0 radical (unpaired) electrons. The van der Waals surface area contributed by atoms with Crippen LogP contribution in [0.15, 0.2) is 48.7 Å². The summed E-state index contributed by atoms with van der Waals surface area (Å²) in [5.41, 5.74) is 0.0642. The number of halogens is 5. The van der Waals surface area contributed by atoms with E-state index in [0.717, 1.165) is 17.7 Å². The first-order valence-electron chi connectivity index (χ1n) is 12.0. The number of hydrogen-bond donors (Lipinski definition) is 1. The molecule has 2 aromatic heterocycles. The Kier molecular flexibility index (Phi) is 6.84. The van der Waals surface area contributed by atoms with Gasteiger partial charge >= 0.3 is 6.18 Å². The Morgan fingerprint density at radius 3 is 2.50 bits per heavy atom. The Balaban J connectivity index is 1.37. The first-order valence-corrected chi connectivity index (χ1v) is 12.0. The van der Waals surface area contributed by atoms with Gasteiger partial charge < -0.3 is 10.2 Å². The van der Waals surface area contributed by atoms with Gasteiger partial charge in [0.1, 0.15) is 18.8 Å². The van der Waals surface area contributed by atoms with E-state index in [1.807, 2.05) is 0 Å². The maximum absolute atomic E-state index is 14.8. The SMILES string of the molecule is O=C(N[C@@H](c1ccccc1)c1ccc(C2CC2)c(F)n1)[C@@H]1C[C@@H](F)CN1C(=O)Cn1nncc1C(F)(F)F. The predicted molar refractivity (Wildman–Crippen MR) is 123 cm³/mol. The van der Waals surface area contributed by atoms with Crippen molar-refractivity contribution in [2.45, 2.75) is 56.2 Å². The number of amides is 2. The van der Waals surface area contributed by atoms with E-state index in [4.69, 9.17) is 0 Å². The summed E-state index contributed by atoms with van der Waals surface area (Å²) >= 11 is 0. The van der Waals surface area contributed by atoms with E-state index in [2.05, 4.69) is 20.6 Å². The standard InChI is InChI=1S/C25H23F5N6O2/c26-16-10-19(35(12-16)21(37)13-36-20(11-31-34-36)25(28,29)30)24(38)33-22(15-4-2-1-3-5-15)18-9-8-17(14-6-7-14)23(27)32-18/h1-5,8-9,11,14,16,19,22H,6-7,10,12-13H2,(H,33,38)/t16-,19+,22+/m1/s1. The number of pyridine rings is 1. The highest BCUT2D eigenvalue weighted by atomic mass is 19.4. The number of likely N-dealkylation sites (tertiary alicyclic amines) is 1. The third kappa shape index (κ3) is 5.36. The van der Waals surface area contributed by atoms with Gasteiger partial charge in [-0.25, -0.2) is 14.1 Å². The molecule has 3 atom stereocenters. The molecular formula is C25H23F5N6O2. The molecule has 2 aliphatic rings. The lowest BCUT2D eigenvalue weighted by molar-refractivity contribution is -0.147. The van der Waals surface area contributed by atoms with Crippen LogP contribution < -0.4 is 5.32 Å². The number of alkyl halides is 4. The summed E-state index contributed by atoms with van der Waals surface area (Å²) in [5, 5.41) is 9.25. The molecular weight excluding hydrogens is 511 g/mol. The molecule has 1 aliphatic carbocycles. The molecule has 1 saturated carbocycles. The molecule has 3 aromatic rings. The lowest BCUT2D eigenvalue weighted by Crippen LogP contribution is -2.48. The monoisotopic (exact) mass is 534 g/mol. The number of aromatic nitrogens is 4. The minimum absolute atomic E-state index is 0.128. The zero-order chi connectivity index (χ0) is 27.0. The van der Waals surface area contributed by atoms with E-state index in [0.29, 0.717) is 22.0 Å². The van der Waals surface area contributed by atoms with Crippen molar-refractivity contribution in [1.29, 1.82) is 0 Å². The highest BCUT2D eigenvalue weighted by Gasteiger charge is 2.42. The van der Waals surface area contributed by atoms with E-state index < -0.39 is 61.0 Å². The molecule has 2 fully saturated rings. The molecule has 8 nitrogen and oxygen atoms in total. The van der Waals surface area contributed by atoms with Gasteiger partial charge in [-0.1, -0.05) is 41.6 Å². The van der Waals surface area contributed by atoms with Crippen LogP contribution in [0.5, 0.6) is 0 Å². The Morgan fingerprint density at radius 1 is 1.11 bits per heavy atom. The van der Waals surface area contributed by atoms with Crippen LogP contribution in [-0.4, -0.2) is 55.5 Å². The molecule has 5 rings (SSSR count). The lowest BCUT2D eigenvalue weighted by Gasteiger charge is -2.27. The van der Waals surface area contributed by atoms with Gasteiger partial charge in [-0.15, -0.1) is 5.10 Å². The topological polar surface area (TPSA) is 93.0 Å². The average molecular weight is 534 g/mol. The van der Waals surface area contributed by atoms with Crippen molar-refractivity contribution in [1.82, 2.24) is 30.2 Å². The smallest absolute Gasteiger partial charge is 0.342 e. The van der Waals surface area contributed by atoms with Gasteiger partial charge in [0.2, 0.25) is 17.8 Å². The summed E-state index contributed by atoms with van der Waals surface area (Å²) in [6.07, 6.45) is -4.46. The van der Waals surface area contributed by atoms with Crippen LogP contribution in [0.3, 0.4) is 0 Å². The fraction of sp³-hybridized carbons (Fsp3) is 0.400. The van der Waals surface area contributed by atoms with Crippen molar-refractivity contribution in [2.75, 3.05) is 6.54 Å². The second-order valence-corrected chi connectivity index (χ2v) is 9.41. The zero-order valence-electron chi connectivity index (χ0n) is 19.9. The number of benzene rings is 1. The van der Waals surface area contributed by atoms with Crippen LogP contribution in [0.4, 0.5) is 22.0 Å². The van der Waals surface area contributed by atoms with Crippen molar-refractivity contribution >= 4 is 11.8 Å². The van der Waals surface area contributed by atoms with Crippen molar-refractivity contribution in [3.8, 4) is 0 Å². The van der Waals surface area contributed by atoms with E-state index in [-0.39, 0.29) is 18.0 Å². The van der Waals surface area contributed by atoms with Gasteiger partial charge in [0.25, 0.3) is 0 Å². The number of carbonyl (C=O) groups excluding carboxylic acids is 2. The Bertz CT molecular complexity index is 1330. The predicted octanol–water partition coefficient (Wildman–Crippen LogP) is 3.55. The zero-order valence-corrected chi connectivity index (χ0v) is 19.9. The van der Waals surface area contributed by atoms with Gasteiger partial charge in [0, 0.05) is 12.0 Å². The highest BCUT2D eigenvalue weighted by molar-refractivity contribution is 5.88.